The molecule has 26 heavy (non-hydrogen) atoms. The van der Waals surface area contributed by atoms with Crippen LogP contribution in [-0.4, -0.2) is 26.1 Å². The van der Waals surface area contributed by atoms with Gasteiger partial charge in [0.15, 0.2) is 0 Å². The third kappa shape index (κ3) is 5.60. The van der Waals surface area contributed by atoms with Crippen molar-refractivity contribution in [3.63, 3.8) is 0 Å². The number of benzene rings is 2. The number of hydrogen-bond acceptors (Lipinski definition) is 3. The molecule has 0 saturated heterocycles. The van der Waals surface area contributed by atoms with E-state index in [1.807, 2.05) is 18.2 Å². The number of hydrogen-bond donors (Lipinski definition) is 2. The average molecular weight is 354 g/mol. The van der Waals surface area contributed by atoms with Crippen LogP contribution < -0.4 is 15.4 Å². The number of aryl methyl sites for hydroxylation is 2. The lowest BCUT2D eigenvalue weighted by molar-refractivity contribution is -0.116. The molecule has 0 aromatic heterocycles. The van der Waals surface area contributed by atoms with Crippen LogP contribution in [0, 0.1) is 0 Å². The van der Waals surface area contributed by atoms with Crippen molar-refractivity contribution in [1.29, 1.82) is 0 Å². The third-order valence-electron chi connectivity index (χ3n) is 4.56. The summed E-state index contributed by atoms with van der Waals surface area (Å²) in [5.41, 5.74) is 4.57. The molecule has 0 atom stereocenters. The SMILES string of the molecule is CCc1cccc(CC)c1NC(=O)CCNCCc1ccccc1OC. The lowest BCUT2D eigenvalue weighted by atomic mass is 10.0. The van der Waals surface area contributed by atoms with E-state index in [-0.39, 0.29) is 5.91 Å². The van der Waals surface area contributed by atoms with E-state index in [0.29, 0.717) is 13.0 Å². The normalized spacial score (nSPS) is 10.6. The molecular weight excluding hydrogens is 324 g/mol. The molecule has 0 aliphatic heterocycles. The predicted molar refractivity (Wildman–Crippen MR) is 108 cm³/mol. The summed E-state index contributed by atoms with van der Waals surface area (Å²) in [7, 11) is 1.69. The van der Waals surface area contributed by atoms with E-state index >= 15 is 0 Å². The first-order valence-electron chi connectivity index (χ1n) is 9.42. The van der Waals surface area contributed by atoms with Gasteiger partial charge in [-0.05, 0) is 48.6 Å². The van der Waals surface area contributed by atoms with Crippen LogP contribution in [0.1, 0.15) is 37.0 Å². The van der Waals surface area contributed by atoms with E-state index in [1.165, 1.54) is 16.7 Å². The summed E-state index contributed by atoms with van der Waals surface area (Å²) in [6, 6.07) is 14.3. The van der Waals surface area contributed by atoms with Crippen LogP contribution in [0.5, 0.6) is 5.75 Å². The summed E-state index contributed by atoms with van der Waals surface area (Å²) in [4.78, 5) is 12.3. The molecule has 0 radical (unpaired) electrons. The van der Waals surface area contributed by atoms with Crippen molar-refractivity contribution in [2.24, 2.45) is 0 Å². The third-order valence-corrected chi connectivity index (χ3v) is 4.56. The van der Waals surface area contributed by atoms with Gasteiger partial charge in [-0.2, -0.15) is 0 Å². The fourth-order valence-corrected chi connectivity index (χ4v) is 3.06. The number of carbonyl (C=O) groups excluding carboxylic acids is 1. The molecule has 2 rings (SSSR count). The minimum absolute atomic E-state index is 0.0605. The molecule has 0 unspecified atom stereocenters. The Kier molecular flexibility index (Phi) is 8.16. The molecule has 0 fully saturated rings. The van der Waals surface area contributed by atoms with Crippen molar-refractivity contribution in [2.75, 3.05) is 25.5 Å². The quantitative estimate of drug-likeness (QED) is 0.635. The minimum atomic E-state index is 0.0605. The Balaban J connectivity index is 1.78. The summed E-state index contributed by atoms with van der Waals surface area (Å²) in [5, 5.41) is 6.45. The Bertz CT molecular complexity index is 691. The van der Waals surface area contributed by atoms with Crippen molar-refractivity contribution in [3.8, 4) is 5.75 Å². The van der Waals surface area contributed by atoms with Crippen LogP contribution in [0.15, 0.2) is 42.5 Å². The smallest absolute Gasteiger partial charge is 0.225 e. The molecule has 140 valence electrons. The zero-order valence-electron chi connectivity index (χ0n) is 16.1. The fourth-order valence-electron chi connectivity index (χ4n) is 3.06. The predicted octanol–water partition coefficient (Wildman–Crippen LogP) is 3.98. The Morgan fingerprint density at radius 2 is 1.58 bits per heavy atom. The maximum atomic E-state index is 12.3. The first kappa shape index (κ1) is 20.0. The number of nitrogens with one attached hydrogen (secondary N) is 2. The van der Waals surface area contributed by atoms with Gasteiger partial charge in [-0.15, -0.1) is 0 Å². The number of carbonyl (C=O) groups is 1. The first-order chi connectivity index (χ1) is 12.7. The minimum Gasteiger partial charge on any atom is -0.496 e. The molecule has 0 spiro atoms. The Morgan fingerprint density at radius 1 is 0.923 bits per heavy atom. The molecule has 0 aliphatic carbocycles. The largest absolute Gasteiger partial charge is 0.496 e. The highest BCUT2D eigenvalue weighted by molar-refractivity contribution is 5.92. The molecule has 4 nitrogen and oxygen atoms in total. The summed E-state index contributed by atoms with van der Waals surface area (Å²) < 4.78 is 5.36. The first-order valence-corrected chi connectivity index (χ1v) is 9.42. The van der Waals surface area contributed by atoms with Crippen molar-refractivity contribution in [2.45, 2.75) is 39.5 Å². The van der Waals surface area contributed by atoms with Gasteiger partial charge in [-0.1, -0.05) is 50.2 Å². The molecule has 1 amide bonds. The Morgan fingerprint density at radius 3 is 2.23 bits per heavy atom. The van der Waals surface area contributed by atoms with Crippen LogP contribution in [0.2, 0.25) is 0 Å². The highest BCUT2D eigenvalue weighted by Crippen LogP contribution is 2.22. The van der Waals surface area contributed by atoms with E-state index in [9.17, 15) is 4.79 Å². The summed E-state index contributed by atoms with van der Waals surface area (Å²) in [6.07, 6.45) is 3.18. The van der Waals surface area contributed by atoms with Crippen LogP contribution >= 0.6 is 0 Å². The van der Waals surface area contributed by atoms with Gasteiger partial charge in [-0.3, -0.25) is 4.79 Å². The maximum Gasteiger partial charge on any atom is 0.225 e. The Labute approximate surface area is 157 Å². The van der Waals surface area contributed by atoms with E-state index in [0.717, 1.165) is 37.2 Å². The van der Waals surface area contributed by atoms with Crippen molar-refractivity contribution < 1.29 is 9.53 Å². The van der Waals surface area contributed by atoms with Gasteiger partial charge in [0.25, 0.3) is 0 Å². The topological polar surface area (TPSA) is 50.4 Å². The summed E-state index contributed by atoms with van der Waals surface area (Å²) >= 11 is 0. The van der Waals surface area contributed by atoms with Crippen molar-refractivity contribution in [3.05, 3.63) is 59.2 Å². The second kappa shape index (κ2) is 10.6. The van der Waals surface area contributed by atoms with Crippen LogP contribution in [0.25, 0.3) is 0 Å². The van der Waals surface area contributed by atoms with Gasteiger partial charge in [-0.25, -0.2) is 0 Å². The number of ether oxygens (including phenoxy) is 1. The molecule has 0 heterocycles. The molecule has 2 N–H and O–H groups in total. The van der Waals surface area contributed by atoms with Gasteiger partial charge in [0.1, 0.15) is 5.75 Å². The maximum absolute atomic E-state index is 12.3. The molecule has 2 aromatic rings. The lowest BCUT2D eigenvalue weighted by Crippen LogP contribution is -2.24. The molecular formula is C22H30N2O2. The van der Waals surface area contributed by atoms with Gasteiger partial charge < -0.3 is 15.4 Å². The van der Waals surface area contributed by atoms with Crippen LogP contribution in [-0.2, 0) is 24.1 Å². The number of amides is 1. The highest BCUT2D eigenvalue weighted by Gasteiger charge is 2.09. The molecule has 0 saturated carbocycles. The highest BCUT2D eigenvalue weighted by atomic mass is 16.5. The van der Waals surface area contributed by atoms with Gasteiger partial charge in [0, 0.05) is 18.7 Å². The van der Waals surface area contributed by atoms with Gasteiger partial charge in [0.2, 0.25) is 5.91 Å². The molecule has 0 bridgehead atoms. The van der Waals surface area contributed by atoms with E-state index in [1.54, 1.807) is 7.11 Å². The van der Waals surface area contributed by atoms with Crippen molar-refractivity contribution >= 4 is 11.6 Å². The van der Waals surface area contributed by atoms with E-state index in [2.05, 4.69) is 48.7 Å². The van der Waals surface area contributed by atoms with E-state index < -0.39 is 0 Å². The second-order valence-corrected chi connectivity index (χ2v) is 6.27. The van der Waals surface area contributed by atoms with Crippen LogP contribution in [0.4, 0.5) is 5.69 Å². The zero-order chi connectivity index (χ0) is 18.8. The van der Waals surface area contributed by atoms with E-state index in [4.69, 9.17) is 4.74 Å². The van der Waals surface area contributed by atoms with Gasteiger partial charge >= 0.3 is 0 Å². The number of methoxy groups -OCH3 is 1. The molecule has 4 heteroatoms. The monoisotopic (exact) mass is 354 g/mol. The lowest BCUT2D eigenvalue weighted by Gasteiger charge is -2.14. The molecule has 0 aliphatic rings. The number of rotatable bonds is 10. The van der Waals surface area contributed by atoms with Gasteiger partial charge in [0.05, 0.1) is 7.11 Å². The summed E-state index contributed by atoms with van der Waals surface area (Å²) in [5.74, 6) is 0.973. The second-order valence-electron chi connectivity index (χ2n) is 6.27. The zero-order valence-corrected chi connectivity index (χ0v) is 16.1. The van der Waals surface area contributed by atoms with Crippen LogP contribution in [0.3, 0.4) is 0 Å². The number of anilines is 1. The number of para-hydroxylation sites is 2. The Hall–Kier alpha value is -2.33. The average Bonchev–Trinajstić information content (AvgIpc) is 2.68. The fraction of sp³-hybridized carbons (Fsp3) is 0.409. The molecule has 2 aromatic carbocycles. The standard InChI is InChI=1S/C22H30N2O2/c1-4-17-10-8-11-18(5-2)22(17)24-21(25)14-16-23-15-13-19-9-6-7-12-20(19)26-3/h6-12,23H,4-5,13-16H2,1-3H3,(H,24,25). The summed E-state index contributed by atoms with van der Waals surface area (Å²) in [6.45, 7) is 5.71. The van der Waals surface area contributed by atoms with Crippen molar-refractivity contribution in [1.82, 2.24) is 5.32 Å².